The highest BCUT2D eigenvalue weighted by Gasteiger charge is 2.32. The number of thioether (sulfide) groups is 1. The Kier molecular flexibility index (Phi) is 6.73. The number of hydrogen-bond donors (Lipinski definition) is 1. The molecule has 0 aromatic heterocycles. The van der Waals surface area contributed by atoms with E-state index in [0.717, 1.165) is 21.6 Å². The van der Waals surface area contributed by atoms with Crippen molar-refractivity contribution >= 4 is 41.7 Å². The minimum Gasteiger partial charge on any atom is -0.479 e. The Labute approximate surface area is 169 Å². The van der Waals surface area contributed by atoms with Crippen LogP contribution in [0.2, 0.25) is 5.02 Å². The van der Waals surface area contributed by atoms with Gasteiger partial charge in [-0.05, 0) is 70.0 Å². The van der Waals surface area contributed by atoms with Gasteiger partial charge < -0.3 is 9.84 Å². The van der Waals surface area contributed by atoms with Crippen molar-refractivity contribution in [3.8, 4) is 11.1 Å². The summed E-state index contributed by atoms with van der Waals surface area (Å²) in [5.74, 6) is -1.03. The molecule has 4 nitrogen and oxygen atoms in total. The molecule has 1 atom stereocenters. The van der Waals surface area contributed by atoms with Crippen molar-refractivity contribution in [3.05, 3.63) is 46.5 Å². The number of halogens is 1. The Morgan fingerprint density at radius 3 is 2.33 bits per heavy atom. The summed E-state index contributed by atoms with van der Waals surface area (Å²) in [7, 11) is 0. The number of nitrogens with zero attached hydrogens (tertiary/aromatic N) is 1. The molecule has 0 fully saturated rings. The molecule has 0 bridgehead atoms. The van der Waals surface area contributed by atoms with Crippen LogP contribution in [0.25, 0.3) is 11.1 Å². The van der Waals surface area contributed by atoms with Crippen LogP contribution in [0.4, 0.5) is 5.69 Å². The minimum atomic E-state index is -1.11. The van der Waals surface area contributed by atoms with Gasteiger partial charge in [-0.1, -0.05) is 23.7 Å². The molecule has 1 unspecified atom stereocenters. The molecule has 27 heavy (non-hydrogen) atoms. The van der Waals surface area contributed by atoms with Gasteiger partial charge in [0, 0.05) is 21.0 Å². The summed E-state index contributed by atoms with van der Waals surface area (Å²) in [5.41, 5.74) is 3.15. The summed E-state index contributed by atoms with van der Waals surface area (Å²) in [4.78, 5) is 17.1. The molecule has 0 aliphatic carbocycles. The van der Waals surface area contributed by atoms with Gasteiger partial charge >= 0.3 is 5.97 Å². The van der Waals surface area contributed by atoms with Gasteiger partial charge in [-0.2, -0.15) is 0 Å². The SMILES string of the molecule is C=Nc1cc(C)c(C(OC(C)(C)C)C(=O)O)c(-c2ccc(Cl)cc2)c1SC. The average Bonchev–Trinajstić information content (AvgIpc) is 2.58. The Morgan fingerprint density at radius 1 is 1.30 bits per heavy atom. The van der Waals surface area contributed by atoms with E-state index in [2.05, 4.69) is 11.7 Å². The van der Waals surface area contributed by atoms with Crippen LogP contribution in [0.15, 0.2) is 40.2 Å². The second-order valence-corrected chi connectivity index (χ2v) is 8.40. The minimum absolute atomic E-state index is 0.612. The van der Waals surface area contributed by atoms with E-state index in [9.17, 15) is 9.90 Å². The Hall–Kier alpha value is -1.82. The number of hydrogen-bond acceptors (Lipinski definition) is 4. The summed E-state index contributed by atoms with van der Waals surface area (Å²) in [6.07, 6.45) is 0.823. The first-order valence-corrected chi connectivity index (χ1v) is 10.0. The van der Waals surface area contributed by atoms with Crippen molar-refractivity contribution in [2.75, 3.05) is 6.26 Å². The lowest BCUT2D eigenvalue weighted by atomic mass is 9.91. The number of carboxylic acids is 1. The lowest BCUT2D eigenvalue weighted by Crippen LogP contribution is -2.28. The molecule has 144 valence electrons. The van der Waals surface area contributed by atoms with Gasteiger partial charge in [-0.3, -0.25) is 4.99 Å². The fourth-order valence-corrected chi connectivity index (χ4v) is 3.84. The molecule has 0 aliphatic heterocycles. The van der Waals surface area contributed by atoms with Gasteiger partial charge in [0.05, 0.1) is 11.3 Å². The van der Waals surface area contributed by atoms with E-state index in [-0.39, 0.29) is 0 Å². The van der Waals surface area contributed by atoms with Gasteiger partial charge in [0.15, 0.2) is 6.10 Å². The normalized spacial score (nSPS) is 12.7. The Balaban J connectivity index is 2.88. The van der Waals surface area contributed by atoms with Crippen LogP contribution in [0.3, 0.4) is 0 Å². The molecule has 2 rings (SSSR count). The highest BCUT2D eigenvalue weighted by molar-refractivity contribution is 7.98. The quantitative estimate of drug-likeness (QED) is 0.451. The monoisotopic (exact) mass is 405 g/mol. The number of rotatable bonds is 6. The number of ether oxygens (including phenoxy) is 1. The number of benzene rings is 2. The van der Waals surface area contributed by atoms with E-state index >= 15 is 0 Å². The largest absolute Gasteiger partial charge is 0.479 e. The fourth-order valence-electron chi connectivity index (χ4n) is 2.95. The van der Waals surface area contributed by atoms with Gasteiger partial charge in [0.1, 0.15) is 0 Å². The van der Waals surface area contributed by atoms with Gasteiger partial charge in [-0.25, -0.2) is 4.79 Å². The maximum absolute atomic E-state index is 12.1. The van der Waals surface area contributed by atoms with E-state index in [0.29, 0.717) is 16.3 Å². The van der Waals surface area contributed by atoms with Crippen molar-refractivity contribution in [1.82, 2.24) is 0 Å². The van der Waals surface area contributed by atoms with Crippen molar-refractivity contribution in [2.24, 2.45) is 4.99 Å². The van der Waals surface area contributed by atoms with Crippen molar-refractivity contribution in [1.29, 1.82) is 0 Å². The second-order valence-electron chi connectivity index (χ2n) is 7.15. The van der Waals surface area contributed by atoms with Crippen LogP contribution >= 0.6 is 23.4 Å². The molecule has 0 aliphatic rings. The van der Waals surface area contributed by atoms with Crippen LogP contribution in [0.5, 0.6) is 0 Å². The number of aryl methyl sites for hydroxylation is 1. The molecule has 0 saturated carbocycles. The molecular weight excluding hydrogens is 382 g/mol. The van der Waals surface area contributed by atoms with Crippen LogP contribution in [0, 0.1) is 6.92 Å². The highest BCUT2D eigenvalue weighted by Crippen LogP contribution is 2.45. The van der Waals surface area contributed by atoms with Crippen LogP contribution < -0.4 is 0 Å². The smallest absolute Gasteiger partial charge is 0.337 e. The maximum Gasteiger partial charge on any atom is 0.337 e. The highest BCUT2D eigenvalue weighted by atomic mass is 35.5. The van der Waals surface area contributed by atoms with Crippen molar-refractivity contribution in [2.45, 2.75) is 44.3 Å². The number of carboxylic acid groups (broad SMARTS) is 1. The van der Waals surface area contributed by atoms with Gasteiger partial charge in [0.2, 0.25) is 0 Å². The summed E-state index contributed by atoms with van der Waals surface area (Å²) in [6, 6.07) is 9.19. The van der Waals surface area contributed by atoms with Crippen molar-refractivity contribution < 1.29 is 14.6 Å². The predicted molar refractivity (Wildman–Crippen MR) is 114 cm³/mol. The lowest BCUT2D eigenvalue weighted by molar-refractivity contribution is -0.160. The van der Waals surface area contributed by atoms with Gasteiger partial charge in [0.25, 0.3) is 0 Å². The van der Waals surface area contributed by atoms with E-state index in [1.54, 1.807) is 12.1 Å². The predicted octanol–water partition coefficient (Wildman–Crippen LogP) is 6.31. The van der Waals surface area contributed by atoms with Gasteiger partial charge in [-0.15, -0.1) is 11.8 Å². The zero-order chi connectivity index (χ0) is 20.4. The topological polar surface area (TPSA) is 58.9 Å². The molecule has 0 heterocycles. The molecular formula is C21H24ClNO3S. The first kappa shape index (κ1) is 21.5. The molecule has 2 aromatic carbocycles. The number of aliphatic carboxylic acids is 1. The first-order valence-electron chi connectivity index (χ1n) is 8.43. The third kappa shape index (κ3) is 4.92. The van der Waals surface area contributed by atoms with E-state index in [1.165, 1.54) is 11.8 Å². The zero-order valence-electron chi connectivity index (χ0n) is 16.2. The third-order valence-corrected chi connectivity index (χ3v) is 5.05. The Bertz CT molecular complexity index is 857. The lowest BCUT2D eigenvalue weighted by Gasteiger charge is -2.29. The average molecular weight is 406 g/mol. The van der Waals surface area contributed by atoms with Crippen LogP contribution in [0.1, 0.15) is 38.0 Å². The third-order valence-electron chi connectivity index (χ3n) is 3.97. The summed E-state index contributed by atoms with van der Waals surface area (Å²) in [5, 5.41) is 10.5. The molecule has 1 N–H and O–H groups in total. The van der Waals surface area contributed by atoms with E-state index in [1.807, 2.05) is 52.1 Å². The first-order chi connectivity index (χ1) is 12.6. The van der Waals surface area contributed by atoms with E-state index in [4.69, 9.17) is 16.3 Å². The van der Waals surface area contributed by atoms with E-state index < -0.39 is 17.7 Å². The van der Waals surface area contributed by atoms with Crippen molar-refractivity contribution in [3.63, 3.8) is 0 Å². The van der Waals surface area contributed by atoms with Crippen LogP contribution in [-0.4, -0.2) is 29.7 Å². The summed E-state index contributed by atoms with van der Waals surface area (Å²) >= 11 is 7.55. The molecule has 0 spiro atoms. The fraction of sp³-hybridized carbons (Fsp3) is 0.333. The Morgan fingerprint density at radius 2 is 1.89 bits per heavy atom. The number of carbonyl (C=O) groups is 1. The van der Waals surface area contributed by atoms with Crippen LogP contribution in [-0.2, 0) is 9.53 Å². The summed E-state index contributed by atoms with van der Waals surface area (Å²) in [6.45, 7) is 11.1. The molecule has 0 saturated heterocycles. The molecule has 6 heteroatoms. The molecule has 2 aromatic rings. The molecule has 0 amide bonds. The summed E-state index contributed by atoms with van der Waals surface area (Å²) < 4.78 is 5.94. The second kappa shape index (κ2) is 8.46. The number of aliphatic imine (C=N–C) groups is 1. The molecule has 0 radical (unpaired) electrons. The maximum atomic E-state index is 12.1. The zero-order valence-corrected chi connectivity index (χ0v) is 17.7. The standard InChI is InChI=1S/C21H24ClNO3S/c1-12-11-15(23-5)19(27-6)17(13-7-9-14(22)10-8-13)16(12)18(20(24)25)26-21(2,3)4/h7-11,18H,5H2,1-4,6H3,(H,24,25).